The lowest BCUT2D eigenvalue weighted by molar-refractivity contribution is 0.875. The highest BCUT2D eigenvalue weighted by atomic mass is 15.4. The van der Waals surface area contributed by atoms with Crippen LogP contribution in [0.1, 0.15) is 19.4 Å². The van der Waals surface area contributed by atoms with Crippen LogP contribution in [0.25, 0.3) is 11.0 Å². The number of hydrogen-bond acceptors (Lipinski definition) is 3. The van der Waals surface area contributed by atoms with Crippen molar-refractivity contribution in [2.75, 3.05) is 5.43 Å². The Balaban J connectivity index is 1.94. The molecule has 3 aromatic rings. The van der Waals surface area contributed by atoms with Gasteiger partial charge in [-0.25, -0.2) is 10.4 Å². The molecule has 0 amide bonds. The molecule has 0 aliphatic heterocycles. The van der Waals surface area contributed by atoms with E-state index in [9.17, 15) is 0 Å². The normalized spacial score (nSPS) is 12.1. The SMILES string of the molecule is CC(C)/C(=N\Nc1nc2ccccc2n1C)c1ccccc1. The summed E-state index contributed by atoms with van der Waals surface area (Å²) in [5.74, 6) is 1.07. The van der Waals surface area contributed by atoms with Gasteiger partial charge in [-0.05, 0) is 23.6 Å². The average molecular weight is 292 g/mol. The van der Waals surface area contributed by atoms with E-state index in [4.69, 9.17) is 0 Å². The van der Waals surface area contributed by atoms with Crippen molar-refractivity contribution in [1.82, 2.24) is 9.55 Å². The van der Waals surface area contributed by atoms with Gasteiger partial charge in [0.2, 0.25) is 5.95 Å². The molecule has 0 radical (unpaired) electrons. The first-order valence-corrected chi connectivity index (χ1v) is 7.47. The standard InChI is InChI=1S/C18H20N4/c1-13(2)17(14-9-5-4-6-10-14)20-21-18-19-15-11-7-8-12-16(15)22(18)3/h4-13H,1-3H3,(H,19,21)/b20-17+. The predicted octanol–water partition coefficient (Wildman–Crippen LogP) is 4.05. The van der Waals surface area contributed by atoms with Gasteiger partial charge in [0.25, 0.3) is 0 Å². The van der Waals surface area contributed by atoms with Gasteiger partial charge in [-0.1, -0.05) is 56.3 Å². The highest BCUT2D eigenvalue weighted by Gasteiger charge is 2.10. The van der Waals surface area contributed by atoms with Crippen LogP contribution < -0.4 is 5.43 Å². The first kappa shape index (κ1) is 14.3. The van der Waals surface area contributed by atoms with E-state index in [1.165, 1.54) is 0 Å². The Labute approximate surface area is 130 Å². The van der Waals surface area contributed by atoms with Crippen LogP contribution in [0.4, 0.5) is 5.95 Å². The molecule has 1 N–H and O–H groups in total. The Morgan fingerprint density at radius 2 is 1.73 bits per heavy atom. The molecule has 22 heavy (non-hydrogen) atoms. The summed E-state index contributed by atoms with van der Waals surface area (Å²) in [5, 5.41) is 4.60. The number of nitrogens with zero attached hydrogens (tertiary/aromatic N) is 3. The summed E-state index contributed by atoms with van der Waals surface area (Å²) in [5.41, 5.74) is 7.33. The van der Waals surface area contributed by atoms with Gasteiger partial charge < -0.3 is 4.57 Å². The molecule has 0 aliphatic rings. The molecule has 0 aliphatic carbocycles. The zero-order valence-electron chi connectivity index (χ0n) is 13.1. The zero-order valence-corrected chi connectivity index (χ0v) is 13.1. The van der Waals surface area contributed by atoms with E-state index in [1.807, 2.05) is 48.0 Å². The van der Waals surface area contributed by atoms with Gasteiger partial charge in [0.05, 0.1) is 16.7 Å². The quantitative estimate of drug-likeness (QED) is 0.582. The van der Waals surface area contributed by atoms with Gasteiger partial charge >= 0.3 is 0 Å². The van der Waals surface area contributed by atoms with E-state index < -0.39 is 0 Å². The van der Waals surface area contributed by atoms with Crippen LogP contribution in [-0.4, -0.2) is 15.3 Å². The third-order valence-corrected chi connectivity index (χ3v) is 3.68. The topological polar surface area (TPSA) is 42.2 Å². The van der Waals surface area contributed by atoms with Crippen molar-refractivity contribution in [3.8, 4) is 0 Å². The highest BCUT2D eigenvalue weighted by Crippen LogP contribution is 2.18. The lowest BCUT2D eigenvalue weighted by atomic mass is 10.0. The van der Waals surface area contributed by atoms with Crippen LogP contribution in [-0.2, 0) is 7.05 Å². The van der Waals surface area contributed by atoms with Crippen molar-refractivity contribution in [1.29, 1.82) is 0 Å². The number of para-hydroxylation sites is 2. The molecule has 0 fully saturated rings. The Hall–Kier alpha value is -2.62. The molecule has 0 bridgehead atoms. The molecule has 1 aromatic heterocycles. The minimum absolute atomic E-state index is 0.324. The van der Waals surface area contributed by atoms with Gasteiger partial charge in [-0.2, -0.15) is 5.10 Å². The van der Waals surface area contributed by atoms with Crippen molar-refractivity contribution in [2.45, 2.75) is 13.8 Å². The molecule has 2 aromatic carbocycles. The molecule has 0 atom stereocenters. The fourth-order valence-corrected chi connectivity index (χ4v) is 2.49. The van der Waals surface area contributed by atoms with Gasteiger partial charge in [0.1, 0.15) is 0 Å². The predicted molar refractivity (Wildman–Crippen MR) is 92.2 cm³/mol. The fraction of sp³-hybridized carbons (Fsp3) is 0.222. The van der Waals surface area contributed by atoms with E-state index in [-0.39, 0.29) is 0 Å². The maximum atomic E-state index is 4.60. The van der Waals surface area contributed by atoms with Crippen molar-refractivity contribution < 1.29 is 0 Å². The second-order valence-corrected chi connectivity index (χ2v) is 5.61. The Morgan fingerprint density at radius 1 is 1.05 bits per heavy atom. The number of rotatable bonds is 4. The third kappa shape index (κ3) is 2.72. The molecular formula is C18H20N4. The van der Waals surface area contributed by atoms with Crippen molar-refractivity contribution in [2.24, 2.45) is 18.1 Å². The van der Waals surface area contributed by atoms with Crippen LogP contribution in [0.3, 0.4) is 0 Å². The number of aromatic nitrogens is 2. The number of hydrogen-bond donors (Lipinski definition) is 1. The minimum Gasteiger partial charge on any atom is -0.312 e. The molecule has 0 saturated carbocycles. The molecule has 3 rings (SSSR count). The molecule has 0 saturated heterocycles. The van der Waals surface area contributed by atoms with Crippen LogP contribution >= 0.6 is 0 Å². The number of fused-ring (bicyclic) bond motifs is 1. The summed E-state index contributed by atoms with van der Waals surface area (Å²) < 4.78 is 2.02. The number of imidazole rings is 1. The number of anilines is 1. The van der Waals surface area contributed by atoms with Crippen LogP contribution in [0.2, 0.25) is 0 Å². The smallest absolute Gasteiger partial charge is 0.224 e. The summed E-state index contributed by atoms with van der Waals surface area (Å²) in [4.78, 5) is 4.58. The summed E-state index contributed by atoms with van der Waals surface area (Å²) in [7, 11) is 1.99. The Kier molecular flexibility index (Phi) is 3.92. The van der Waals surface area contributed by atoms with Gasteiger partial charge in [0, 0.05) is 7.05 Å². The lowest BCUT2D eigenvalue weighted by Gasteiger charge is -2.11. The number of hydrazone groups is 1. The van der Waals surface area contributed by atoms with Crippen LogP contribution in [0, 0.1) is 5.92 Å². The second kappa shape index (κ2) is 6.02. The maximum Gasteiger partial charge on any atom is 0.224 e. The molecule has 4 heteroatoms. The van der Waals surface area contributed by atoms with Gasteiger partial charge in [-0.3, -0.25) is 0 Å². The van der Waals surface area contributed by atoms with E-state index >= 15 is 0 Å². The summed E-state index contributed by atoms with van der Waals surface area (Å²) >= 11 is 0. The molecular weight excluding hydrogens is 272 g/mol. The minimum atomic E-state index is 0.324. The summed E-state index contributed by atoms with van der Waals surface area (Å²) in [6, 6.07) is 18.3. The zero-order chi connectivity index (χ0) is 15.5. The van der Waals surface area contributed by atoms with E-state index in [2.05, 4.69) is 47.6 Å². The van der Waals surface area contributed by atoms with Crippen LogP contribution in [0.15, 0.2) is 59.7 Å². The average Bonchev–Trinajstić information content (AvgIpc) is 2.85. The second-order valence-electron chi connectivity index (χ2n) is 5.61. The van der Waals surface area contributed by atoms with Crippen molar-refractivity contribution >= 4 is 22.7 Å². The van der Waals surface area contributed by atoms with E-state index in [0.717, 1.165) is 28.3 Å². The molecule has 0 spiro atoms. The molecule has 1 heterocycles. The summed E-state index contributed by atoms with van der Waals surface area (Å²) in [6.45, 7) is 4.28. The number of nitrogens with one attached hydrogen (secondary N) is 1. The van der Waals surface area contributed by atoms with Crippen LogP contribution in [0.5, 0.6) is 0 Å². The number of aryl methyl sites for hydroxylation is 1. The van der Waals surface area contributed by atoms with Gasteiger partial charge in [-0.15, -0.1) is 0 Å². The molecule has 4 nitrogen and oxygen atoms in total. The maximum absolute atomic E-state index is 4.60. The fourth-order valence-electron chi connectivity index (χ4n) is 2.49. The van der Waals surface area contributed by atoms with E-state index in [0.29, 0.717) is 5.92 Å². The Bertz CT molecular complexity index is 800. The third-order valence-electron chi connectivity index (χ3n) is 3.68. The monoisotopic (exact) mass is 292 g/mol. The van der Waals surface area contributed by atoms with Gasteiger partial charge in [0.15, 0.2) is 0 Å². The first-order chi connectivity index (χ1) is 10.7. The largest absolute Gasteiger partial charge is 0.312 e. The molecule has 112 valence electrons. The highest BCUT2D eigenvalue weighted by molar-refractivity contribution is 6.02. The van der Waals surface area contributed by atoms with E-state index in [1.54, 1.807) is 0 Å². The number of benzene rings is 2. The first-order valence-electron chi connectivity index (χ1n) is 7.47. The lowest BCUT2D eigenvalue weighted by Crippen LogP contribution is -2.12. The van der Waals surface area contributed by atoms with Crippen molar-refractivity contribution in [3.63, 3.8) is 0 Å². The Morgan fingerprint density at radius 3 is 2.41 bits per heavy atom. The molecule has 0 unspecified atom stereocenters. The summed E-state index contributed by atoms with van der Waals surface area (Å²) in [6.07, 6.45) is 0. The van der Waals surface area contributed by atoms with Crippen molar-refractivity contribution in [3.05, 3.63) is 60.2 Å².